The molecule has 20 heavy (non-hydrogen) atoms. The summed E-state index contributed by atoms with van der Waals surface area (Å²) in [6.07, 6.45) is 2.71. The van der Waals surface area contributed by atoms with Crippen LogP contribution in [0.15, 0.2) is 23.1 Å². The first kappa shape index (κ1) is 15.3. The zero-order valence-electron chi connectivity index (χ0n) is 10.8. The molecule has 0 heterocycles. The number of nitriles is 1. The highest BCUT2D eigenvalue weighted by molar-refractivity contribution is 7.89. The van der Waals surface area contributed by atoms with Gasteiger partial charge >= 0.3 is 0 Å². The van der Waals surface area contributed by atoms with E-state index in [1.54, 1.807) is 0 Å². The van der Waals surface area contributed by atoms with Gasteiger partial charge in [0.2, 0.25) is 10.0 Å². The summed E-state index contributed by atoms with van der Waals surface area (Å²) >= 11 is 5.87. The third-order valence-corrected chi connectivity index (χ3v) is 5.44. The van der Waals surface area contributed by atoms with E-state index in [4.69, 9.17) is 22.6 Å². The first-order chi connectivity index (χ1) is 9.47. The van der Waals surface area contributed by atoms with Gasteiger partial charge in [0, 0.05) is 6.04 Å². The Bertz CT molecular complexity index is 640. The number of nitrogens with two attached hydrogens (primary N) is 1. The number of benzene rings is 1. The van der Waals surface area contributed by atoms with E-state index in [9.17, 15) is 8.42 Å². The van der Waals surface area contributed by atoms with E-state index in [1.807, 2.05) is 6.07 Å². The second-order valence-electron chi connectivity index (χ2n) is 4.91. The predicted octanol–water partition coefficient (Wildman–Crippen LogP) is 1.62. The van der Waals surface area contributed by atoms with Crippen molar-refractivity contribution in [2.75, 3.05) is 6.54 Å². The van der Waals surface area contributed by atoms with Crippen molar-refractivity contribution in [1.82, 2.24) is 4.72 Å². The maximum absolute atomic E-state index is 12.3. The van der Waals surface area contributed by atoms with Crippen LogP contribution in [0, 0.1) is 17.2 Å². The fraction of sp³-hybridized carbons (Fsp3) is 0.462. The first-order valence-electron chi connectivity index (χ1n) is 6.40. The standard InChI is InChI=1S/C13H16ClN3O2S/c14-12-6-11(5-4-9(12)7-15)20(18,19)17-13-3-1-2-10(13)8-16/h4-6,10,13,17H,1-3,8,16H2/t10-,13+/m0/s1. The predicted molar refractivity (Wildman–Crippen MR) is 76.7 cm³/mol. The Balaban J connectivity index is 2.23. The molecular formula is C13H16ClN3O2S. The van der Waals surface area contributed by atoms with Gasteiger partial charge in [0.15, 0.2) is 0 Å². The van der Waals surface area contributed by atoms with E-state index in [2.05, 4.69) is 4.72 Å². The number of rotatable bonds is 4. The molecule has 0 aromatic heterocycles. The quantitative estimate of drug-likeness (QED) is 0.882. The van der Waals surface area contributed by atoms with Gasteiger partial charge in [-0.25, -0.2) is 13.1 Å². The molecule has 1 aliphatic carbocycles. The lowest BCUT2D eigenvalue weighted by Gasteiger charge is -2.19. The van der Waals surface area contributed by atoms with Gasteiger partial charge in [-0.15, -0.1) is 0 Å². The average Bonchev–Trinajstić information content (AvgIpc) is 2.85. The van der Waals surface area contributed by atoms with Crippen molar-refractivity contribution in [3.8, 4) is 6.07 Å². The molecule has 7 heteroatoms. The maximum atomic E-state index is 12.3. The van der Waals surface area contributed by atoms with Crippen LogP contribution in [0.1, 0.15) is 24.8 Å². The van der Waals surface area contributed by atoms with Gasteiger partial charge < -0.3 is 5.73 Å². The maximum Gasteiger partial charge on any atom is 0.240 e. The lowest BCUT2D eigenvalue weighted by molar-refractivity contribution is 0.453. The number of sulfonamides is 1. The van der Waals surface area contributed by atoms with Gasteiger partial charge in [0.05, 0.1) is 15.5 Å². The van der Waals surface area contributed by atoms with E-state index >= 15 is 0 Å². The smallest absolute Gasteiger partial charge is 0.240 e. The summed E-state index contributed by atoms with van der Waals surface area (Å²) in [7, 11) is -3.63. The molecule has 3 N–H and O–H groups in total. The van der Waals surface area contributed by atoms with Crippen molar-refractivity contribution < 1.29 is 8.42 Å². The Kier molecular flexibility index (Phi) is 4.66. The fourth-order valence-electron chi connectivity index (χ4n) is 2.50. The lowest BCUT2D eigenvalue weighted by atomic mass is 10.1. The Morgan fingerprint density at radius 3 is 2.80 bits per heavy atom. The topological polar surface area (TPSA) is 96.0 Å². The van der Waals surface area contributed by atoms with Crippen LogP contribution in [0.25, 0.3) is 0 Å². The van der Waals surface area contributed by atoms with Crippen LogP contribution in [-0.2, 0) is 10.0 Å². The van der Waals surface area contributed by atoms with Crippen molar-refractivity contribution in [3.05, 3.63) is 28.8 Å². The molecule has 0 spiro atoms. The fourth-order valence-corrected chi connectivity index (χ4v) is 4.15. The van der Waals surface area contributed by atoms with E-state index in [0.717, 1.165) is 19.3 Å². The molecule has 0 aliphatic heterocycles. The van der Waals surface area contributed by atoms with Crippen molar-refractivity contribution >= 4 is 21.6 Å². The molecule has 2 rings (SSSR count). The number of halogens is 1. The Labute approximate surface area is 123 Å². The number of hydrogen-bond donors (Lipinski definition) is 2. The molecule has 0 amide bonds. The molecule has 2 atom stereocenters. The second kappa shape index (κ2) is 6.10. The van der Waals surface area contributed by atoms with Crippen LogP contribution in [0.3, 0.4) is 0 Å². The molecule has 1 aromatic carbocycles. The van der Waals surface area contributed by atoms with E-state index < -0.39 is 10.0 Å². The van der Waals surface area contributed by atoms with Crippen LogP contribution in [0.2, 0.25) is 5.02 Å². The Morgan fingerprint density at radius 1 is 1.45 bits per heavy atom. The molecule has 108 valence electrons. The molecule has 1 aliphatic rings. The second-order valence-corrected chi connectivity index (χ2v) is 7.03. The molecule has 1 saturated carbocycles. The summed E-state index contributed by atoms with van der Waals surface area (Å²) in [6, 6.07) is 5.87. The van der Waals surface area contributed by atoms with Crippen LogP contribution >= 0.6 is 11.6 Å². The lowest BCUT2D eigenvalue weighted by Crippen LogP contribution is -2.39. The largest absolute Gasteiger partial charge is 0.330 e. The SMILES string of the molecule is N#Cc1ccc(S(=O)(=O)N[C@@H]2CCC[C@H]2CN)cc1Cl. The van der Waals surface area contributed by atoms with Crippen LogP contribution in [0.4, 0.5) is 0 Å². The van der Waals surface area contributed by atoms with Gasteiger partial charge in [0.25, 0.3) is 0 Å². The minimum atomic E-state index is -3.63. The highest BCUT2D eigenvalue weighted by Gasteiger charge is 2.30. The molecule has 5 nitrogen and oxygen atoms in total. The van der Waals surface area contributed by atoms with Gasteiger partial charge in [-0.1, -0.05) is 18.0 Å². The Morgan fingerprint density at radius 2 is 2.20 bits per heavy atom. The van der Waals surface area contributed by atoms with Crippen LogP contribution in [-0.4, -0.2) is 21.0 Å². The molecule has 1 fully saturated rings. The zero-order chi connectivity index (χ0) is 14.8. The summed E-state index contributed by atoms with van der Waals surface area (Å²) in [4.78, 5) is 0.0733. The third-order valence-electron chi connectivity index (χ3n) is 3.64. The van der Waals surface area contributed by atoms with Crippen LogP contribution < -0.4 is 10.5 Å². The number of nitrogens with zero attached hydrogens (tertiary/aromatic N) is 1. The molecule has 0 radical (unpaired) electrons. The molecule has 0 bridgehead atoms. The van der Waals surface area contributed by atoms with E-state index in [0.29, 0.717) is 6.54 Å². The number of nitrogens with one attached hydrogen (secondary N) is 1. The minimum absolute atomic E-state index is 0.0733. The molecule has 0 saturated heterocycles. The summed E-state index contributed by atoms with van der Waals surface area (Å²) in [5, 5.41) is 8.93. The monoisotopic (exact) mass is 313 g/mol. The summed E-state index contributed by atoms with van der Waals surface area (Å²) in [6.45, 7) is 0.474. The van der Waals surface area contributed by atoms with Crippen molar-refractivity contribution in [2.45, 2.75) is 30.2 Å². The summed E-state index contributed by atoms with van der Waals surface area (Å²) in [5.74, 6) is 0.179. The molecular weight excluding hydrogens is 298 g/mol. The van der Waals surface area contributed by atoms with Crippen molar-refractivity contribution in [1.29, 1.82) is 5.26 Å². The highest BCUT2D eigenvalue weighted by atomic mass is 35.5. The van der Waals surface area contributed by atoms with E-state index in [-0.39, 0.29) is 27.4 Å². The molecule has 0 unspecified atom stereocenters. The zero-order valence-corrected chi connectivity index (χ0v) is 12.4. The van der Waals surface area contributed by atoms with Gasteiger partial charge in [-0.2, -0.15) is 5.26 Å². The number of hydrogen-bond acceptors (Lipinski definition) is 4. The van der Waals surface area contributed by atoms with Gasteiger partial charge in [-0.05, 0) is 43.5 Å². The normalized spacial score (nSPS) is 22.6. The van der Waals surface area contributed by atoms with E-state index in [1.165, 1.54) is 18.2 Å². The highest BCUT2D eigenvalue weighted by Crippen LogP contribution is 2.27. The molecule has 1 aromatic rings. The van der Waals surface area contributed by atoms with Crippen molar-refractivity contribution in [2.24, 2.45) is 11.7 Å². The van der Waals surface area contributed by atoms with Gasteiger partial charge in [-0.3, -0.25) is 0 Å². The summed E-state index contributed by atoms with van der Waals surface area (Å²) < 4.78 is 27.3. The minimum Gasteiger partial charge on any atom is -0.330 e. The summed E-state index contributed by atoms with van der Waals surface area (Å²) in [5.41, 5.74) is 5.91. The Hall–Kier alpha value is -1.13. The van der Waals surface area contributed by atoms with Crippen molar-refractivity contribution in [3.63, 3.8) is 0 Å². The third kappa shape index (κ3) is 3.13. The van der Waals surface area contributed by atoms with Crippen LogP contribution in [0.5, 0.6) is 0 Å². The average molecular weight is 314 g/mol. The first-order valence-corrected chi connectivity index (χ1v) is 8.26. The van der Waals surface area contributed by atoms with Gasteiger partial charge in [0.1, 0.15) is 6.07 Å².